The second-order valence-corrected chi connectivity index (χ2v) is 5.23. The van der Waals surface area contributed by atoms with Crippen molar-refractivity contribution in [2.24, 2.45) is 5.73 Å². The van der Waals surface area contributed by atoms with Gasteiger partial charge in [-0.05, 0) is 45.9 Å². The Morgan fingerprint density at radius 1 is 1.37 bits per heavy atom. The third-order valence-corrected chi connectivity index (χ3v) is 2.34. The molecular formula is C14H21FN2O2. The van der Waals surface area contributed by atoms with E-state index in [-0.39, 0.29) is 5.69 Å². The number of nitrogens with two attached hydrogens (primary N) is 1. The molecule has 4 nitrogen and oxygen atoms in total. The maximum atomic E-state index is 13.8. The molecule has 5 heteroatoms. The molecule has 0 aromatic heterocycles. The standard InChI is InChI=1S/C14H21FN2O2/c1-14(2,3)19-13(18)17(10-6-9-16)12-8-5-4-7-11(12)15/h4-5,7-8H,6,9-10,16H2,1-3H3. The van der Waals surface area contributed by atoms with Gasteiger partial charge < -0.3 is 10.5 Å². The summed E-state index contributed by atoms with van der Waals surface area (Å²) in [6.45, 7) is 6.06. The third-order valence-electron chi connectivity index (χ3n) is 2.34. The average Bonchev–Trinajstić information content (AvgIpc) is 2.29. The van der Waals surface area contributed by atoms with Gasteiger partial charge in [0.05, 0.1) is 5.69 Å². The van der Waals surface area contributed by atoms with Crippen LogP contribution in [0.4, 0.5) is 14.9 Å². The Kier molecular flexibility index (Phi) is 5.30. The van der Waals surface area contributed by atoms with Crippen molar-refractivity contribution in [3.05, 3.63) is 30.1 Å². The van der Waals surface area contributed by atoms with Crippen molar-refractivity contribution >= 4 is 11.8 Å². The number of halogens is 1. The number of hydrogen-bond donors (Lipinski definition) is 1. The van der Waals surface area contributed by atoms with Gasteiger partial charge in [0.2, 0.25) is 0 Å². The van der Waals surface area contributed by atoms with Gasteiger partial charge in [0.15, 0.2) is 0 Å². The topological polar surface area (TPSA) is 55.6 Å². The SMILES string of the molecule is CC(C)(C)OC(=O)N(CCCN)c1ccccc1F. The van der Waals surface area contributed by atoms with E-state index < -0.39 is 17.5 Å². The largest absolute Gasteiger partial charge is 0.443 e. The van der Waals surface area contributed by atoms with Gasteiger partial charge in [-0.25, -0.2) is 9.18 Å². The number of anilines is 1. The second-order valence-electron chi connectivity index (χ2n) is 5.23. The van der Waals surface area contributed by atoms with Crippen molar-refractivity contribution in [1.82, 2.24) is 0 Å². The molecule has 0 aliphatic heterocycles. The summed E-state index contributed by atoms with van der Waals surface area (Å²) in [4.78, 5) is 13.4. The van der Waals surface area contributed by atoms with Crippen molar-refractivity contribution in [3.8, 4) is 0 Å². The summed E-state index contributed by atoms with van der Waals surface area (Å²) in [5.41, 5.74) is 5.04. The van der Waals surface area contributed by atoms with E-state index in [1.54, 1.807) is 39.0 Å². The van der Waals surface area contributed by atoms with Gasteiger partial charge in [-0.15, -0.1) is 0 Å². The van der Waals surface area contributed by atoms with Crippen LogP contribution in [-0.2, 0) is 4.74 Å². The number of carbonyl (C=O) groups excluding carboxylic acids is 1. The fraction of sp³-hybridized carbons (Fsp3) is 0.500. The summed E-state index contributed by atoms with van der Waals surface area (Å²) in [5, 5.41) is 0. The number of benzene rings is 1. The van der Waals surface area contributed by atoms with E-state index >= 15 is 0 Å². The van der Waals surface area contributed by atoms with Gasteiger partial charge in [-0.1, -0.05) is 12.1 Å². The average molecular weight is 268 g/mol. The molecule has 1 rings (SSSR count). The lowest BCUT2D eigenvalue weighted by Crippen LogP contribution is -2.38. The minimum absolute atomic E-state index is 0.213. The number of nitrogens with zero attached hydrogens (tertiary/aromatic N) is 1. The van der Waals surface area contributed by atoms with Crippen molar-refractivity contribution in [2.45, 2.75) is 32.8 Å². The summed E-state index contributed by atoms with van der Waals surface area (Å²) >= 11 is 0. The van der Waals surface area contributed by atoms with Crippen LogP contribution in [0.1, 0.15) is 27.2 Å². The molecule has 0 bridgehead atoms. The minimum Gasteiger partial charge on any atom is -0.443 e. The molecule has 2 N–H and O–H groups in total. The van der Waals surface area contributed by atoms with Gasteiger partial charge in [0.25, 0.3) is 0 Å². The highest BCUT2D eigenvalue weighted by Gasteiger charge is 2.24. The van der Waals surface area contributed by atoms with Crippen molar-refractivity contribution < 1.29 is 13.9 Å². The van der Waals surface area contributed by atoms with E-state index in [1.807, 2.05) is 0 Å². The molecule has 106 valence electrons. The quantitative estimate of drug-likeness (QED) is 0.913. The Balaban J connectivity index is 2.95. The summed E-state index contributed by atoms with van der Waals surface area (Å²) in [5.74, 6) is -0.453. The first-order chi connectivity index (χ1) is 8.85. The van der Waals surface area contributed by atoms with Crippen molar-refractivity contribution in [3.63, 3.8) is 0 Å². The molecule has 0 aliphatic carbocycles. The van der Waals surface area contributed by atoms with Crippen LogP contribution in [0.5, 0.6) is 0 Å². The highest BCUT2D eigenvalue weighted by Crippen LogP contribution is 2.21. The van der Waals surface area contributed by atoms with Gasteiger partial charge >= 0.3 is 6.09 Å². The van der Waals surface area contributed by atoms with Crippen LogP contribution in [0.2, 0.25) is 0 Å². The number of rotatable bonds is 4. The maximum Gasteiger partial charge on any atom is 0.414 e. The maximum absolute atomic E-state index is 13.8. The number of para-hydroxylation sites is 1. The molecule has 0 spiro atoms. The van der Waals surface area contributed by atoms with E-state index in [0.29, 0.717) is 19.5 Å². The van der Waals surface area contributed by atoms with Crippen molar-refractivity contribution in [2.75, 3.05) is 18.0 Å². The van der Waals surface area contributed by atoms with Crippen LogP contribution in [0.25, 0.3) is 0 Å². The first-order valence-electron chi connectivity index (χ1n) is 6.30. The van der Waals surface area contributed by atoms with E-state index in [1.165, 1.54) is 11.0 Å². The lowest BCUT2D eigenvalue weighted by Gasteiger charge is -2.27. The molecule has 1 amide bonds. The zero-order valence-corrected chi connectivity index (χ0v) is 11.6. The molecule has 0 atom stereocenters. The summed E-state index contributed by atoms with van der Waals surface area (Å²) in [6, 6.07) is 6.12. The predicted molar refractivity (Wildman–Crippen MR) is 73.7 cm³/mol. The molecule has 1 aromatic rings. The zero-order valence-electron chi connectivity index (χ0n) is 11.6. The third kappa shape index (κ3) is 4.87. The zero-order chi connectivity index (χ0) is 14.5. The number of ether oxygens (including phenoxy) is 1. The molecule has 19 heavy (non-hydrogen) atoms. The molecule has 0 saturated heterocycles. The molecule has 1 aromatic carbocycles. The Hall–Kier alpha value is -1.62. The van der Waals surface area contributed by atoms with Gasteiger partial charge in [0, 0.05) is 6.54 Å². The first-order valence-corrected chi connectivity index (χ1v) is 6.30. The van der Waals surface area contributed by atoms with Gasteiger partial charge in [-0.2, -0.15) is 0 Å². The highest BCUT2D eigenvalue weighted by atomic mass is 19.1. The Morgan fingerprint density at radius 3 is 2.53 bits per heavy atom. The summed E-state index contributed by atoms with van der Waals surface area (Å²) in [7, 11) is 0. The van der Waals surface area contributed by atoms with Gasteiger partial charge in [0.1, 0.15) is 11.4 Å². The Labute approximate surface area is 113 Å². The van der Waals surface area contributed by atoms with Crippen molar-refractivity contribution in [1.29, 1.82) is 0 Å². The van der Waals surface area contributed by atoms with Crippen LogP contribution >= 0.6 is 0 Å². The second kappa shape index (κ2) is 6.52. The Bertz CT molecular complexity index is 430. The Morgan fingerprint density at radius 2 is 2.00 bits per heavy atom. The molecular weight excluding hydrogens is 247 g/mol. The number of amides is 1. The van der Waals surface area contributed by atoms with E-state index in [0.717, 1.165) is 0 Å². The van der Waals surface area contributed by atoms with E-state index in [2.05, 4.69) is 0 Å². The van der Waals surface area contributed by atoms with Crippen LogP contribution in [-0.4, -0.2) is 24.8 Å². The first kappa shape index (κ1) is 15.4. The van der Waals surface area contributed by atoms with E-state index in [4.69, 9.17) is 10.5 Å². The normalized spacial score (nSPS) is 11.2. The molecule has 0 radical (unpaired) electrons. The van der Waals surface area contributed by atoms with Crippen LogP contribution in [0.3, 0.4) is 0 Å². The minimum atomic E-state index is -0.622. The van der Waals surface area contributed by atoms with Crippen LogP contribution in [0.15, 0.2) is 24.3 Å². The summed E-state index contributed by atoms with van der Waals surface area (Å²) in [6.07, 6.45) is 0.0131. The summed E-state index contributed by atoms with van der Waals surface area (Å²) < 4.78 is 19.1. The molecule has 0 unspecified atom stereocenters. The highest BCUT2D eigenvalue weighted by molar-refractivity contribution is 5.88. The lowest BCUT2D eigenvalue weighted by molar-refractivity contribution is 0.0579. The van der Waals surface area contributed by atoms with Crippen LogP contribution in [0, 0.1) is 5.82 Å². The monoisotopic (exact) mass is 268 g/mol. The predicted octanol–water partition coefficient (Wildman–Crippen LogP) is 2.92. The lowest BCUT2D eigenvalue weighted by atomic mass is 10.2. The number of carbonyl (C=O) groups is 1. The smallest absolute Gasteiger partial charge is 0.414 e. The number of hydrogen-bond acceptors (Lipinski definition) is 3. The molecule has 0 saturated carbocycles. The molecule has 0 heterocycles. The fourth-order valence-electron chi connectivity index (χ4n) is 1.55. The fourth-order valence-corrected chi connectivity index (χ4v) is 1.55. The molecule has 0 aliphatic rings. The van der Waals surface area contributed by atoms with Crippen LogP contribution < -0.4 is 10.6 Å². The van der Waals surface area contributed by atoms with Gasteiger partial charge in [-0.3, -0.25) is 4.90 Å². The molecule has 0 fully saturated rings. The van der Waals surface area contributed by atoms with E-state index in [9.17, 15) is 9.18 Å².